The van der Waals surface area contributed by atoms with Crippen molar-refractivity contribution in [1.29, 1.82) is 0 Å². The highest BCUT2D eigenvalue weighted by Crippen LogP contribution is 2.43. The molecule has 144 valence electrons. The maximum absolute atomic E-state index is 12.8. The molecule has 0 bridgehead atoms. The van der Waals surface area contributed by atoms with Crippen molar-refractivity contribution in [2.45, 2.75) is 19.8 Å². The minimum Gasteiger partial charge on any atom is -0.477 e. The molecule has 0 aromatic heterocycles. The molecule has 1 saturated heterocycles. The third-order valence-electron chi connectivity index (χ3n) is 4.79. The van der Waals surface area contributed by atoms with Gasteiger partial charge in [-0.2, -0.15) is 0 Å². The van der Waals surface area contributed by atoms with Gasteiger partial charge in [0, 0.05) is 19.8 Å². The maximum atomic E-state index is 12.8. The third kappa shape index (κ3) is 3.25. The number of nitrogens with zero attached hydrogens (tertiary/aromatic N) is 2. The normalized spacial score (nSPS) is 19.0. The van der Waals surface area contributed by atoms with E-state index < -0.39 is 11.9 Å². The SMILES string of the molecule is CCOC(=O)C1=C(N)N2CCOC2=C(C(C)=O)C1c1ccc(N(C)C)cc1. The lowest BCUT2D eigenvalue weighted by Crippen LogP contribution is -2.37. The summed E-state index contributed by atoms with van der Waals surface area (Å²) in [6.45, 7) is 4.35. The summed E-state index contributed by atoms with van der Waals surface area (Å²) in [4.78, 5) is 29.0. The van der Waals surface area contributed by atoms with E-state index >= 15 is 0 Å². The first-order valence-electron chi connectivity index (χ1n) is 8.96. The van der Waals surface area contributed by atoms with Gasteiger partial charge in [-0.1, -0.05) is 12.1 Å². The summed E-state index contributed by atoms with van der Waals surface area (Å²) < 4.78 is 11.0. The summed E-state index contributed by atoms with van der Waals surface area (Å²) in [5, 5.41) is 0. The fourth-order valence-corrected chi connectivity index (χ4v) is 3.51. The van der Waals surface area contributed by atoms with E-state index in [1.807, 2.05) is 43.3 Å². The minimum atomic E-state index is -0.623. The fraction of sp³-hybridized carbons (Fsp3) is 0.400. The molecule has 2 heterocycles. The van der Waals surface area contributed by atoms with Gasteiger partial charge in [0.1, 0.15) is 12.4 Å². The number of fused-ring (bicyclic) bond motifs is 1. The molecule has 7 nitrogen and oxygen atoms in total. The van der Waals surface area contributed by atoms with E-state index in [2.05, 4.69) is 0 Å². The van der Waals surface area contributed by atoms with Crippen molar-refractivity contribution < 1.29 is 19.1 Å². The predicted molar refractivity (Wildman–Crippen MR) is 102 cm³/mol. The number of rotatable bonds is 5. The van der Waals surface area contributed by atoms with Crippen molar-refractivity contribution in [2.24, 2.45) is 5.73 Å². The number of anilines is 1. The van der Waals surface area contributed by atoms with Crippen molar-refractivity contribution in [3.8, 4) is 0 Å². The first-order chi connectivity index (χ1) is 12.9. The number of nitrogens with two attached hydrogens (primary N) is 1. The lowest BCUT2D eigenvalue weighted by Gasteiger charge is -2.33. The molecule has 0 aliphatic carbocycles. The Morgan fingerprint density at radius 1 is 1.26 bits per heavy atom. The van der Waals surface area contributed by atoms with E-state index in [1.54, 1.807) is 11.8 Å². The highest BCUT2D eigenvalue weighted by atomic mass is 16.5. The number of carbonyl (C=O) groups excluding carboxylic acids is 2. The molecule has 1 unspecified atom stereocenters. The van der Waals surface area contributed by atoms with E-state index in [9.17, 15) is 9.59 Å². The average molecular weight is 371 g/mol. The fourth-order valence-electron chi connectivity index (χ4n) is 3.51. The average Bonchev–Trinajstić information content (AvgIpc) is 3.11. The monoisotopic (exact) mass is 371 g/mol. The molecular weight excluding hydrogens is 346 g/mol. The largest absolute Gasteiger partial charge is 0.477 e. The maximum Gasteiger partial charge on any atom is 0.338 e. The summed E-state index contributed by atoms with van der Waals surface area (Å²) in [7, 11) is 3.90. The Kier molecular flexibility index (Phi) is 5.12. The lowest BCUT2D eigenvalue weighted by molar-refractivity contribution is -0.139. The van der Waals surface area contributed by atoms with Crippen LogP contribution in [0.25, 0.3) is 0 Å². The molecule has 0 spiro atoms. The predicted octanol–water partition coefficient (Wildman–Crippen LogP) is 1.72. The van der Waals surface area contributed by atoms with Crippen molar-refractivity contribution in [3.63, 3.8) is 0 Å². The highest BCUT2D eigenvalue weighted by molar-refractivity contribution is 6.01. The van der Waals surface area contributed by atoms with E-state index in [-0.39, 0.29) is 23.8 Å². The van der Waals surface area contributed by atoms with E-state index in [0.29, 0.717) is 24.6 Å². The van der Waals surface area contributed by atoms with Crippen molar-refractivity contribution in [1.82, 2.24) is 4.90 Å². The number of esters is 1. The summed E-state index contributed by atoms with van der Waals surface area (Å²) in [5.74, 6) is -0.571. The van der Waals surface area contributed by atoms with Crippen LogP contribution in [-0.2, 0) is 19.1 Å². The molecule has 2 N–H and O–H groups in total. The number of ketones is 1. The topological polar surface area (TPSA) is 85.1 Å². The van der Waals surface area contributed by atoms with Gasteiger partial charge in [0.25, 0.3) is 0 Å². The van der Waals surface area contributed by atoms with Crippen LogP contribution in [0.15, 0.2) is 47.1 Å². The molecule has 0 radical (unpaired) electrons. The van der Waals surface area contributed by atoms with Crippen LogP contribution in [0.2, 0.25) is 0 Å². The van der Waals surface area contributed by atoms with Gasteiger partial charge in [-0.3, -0.25) is 9.69 Å². The van der Waals surface area contributed by atoms with Crippen LogP contribution in [-0.4, -0.2) is 50.5 Å². The van der Waals surface area contributed by atoms with Gasteiger partial charge in [-0.05, 0) is 31.5 Å². The number of hydrogen-bond acceptors (Lipinski definition) is 7. The van der Waals surface area contributed by atoms with Crippen LogP contribution >= 0.6 is 0 Å². The molecule has 0 saturated carbocycles. The molecule has 2 aliphatic heterocycles. The lowest BCUT2D eigenvalue weighted by atomic mass is 9.80. The van der Waals surface area contributed by atoms with Gasteiger partial charge in [0.05, 0.1) is 30.2 Å². The number of allylic oxidation sites excluding steroid dienone is 1. The Bertz CT molecular complexity index is 824. The quantitative estimate of drug-likeness (QED) is 0.789. The summed E-state index contributed by atoms with van der Waals surface area (Å²) in [6, 6.07) is 7.69. The molecule has 7 heteroatoms. The number of carbonyl (C=O) groups is 2. The van der Waals surface area contributed by atoms with Crippen LogP contribution in [0.3, 0.4) is 0 Å². The molecule has 1 aromatic rings. The first kappa shape index (κ1) is 18.8. The van der Waals surface area contributed by atoms with Crippen LogP contribution in [0.1, 0.15) is 25.3 Å². The Morgan fingerprint density at radius 2 is 1.93 bits per heavy atom. The Hall–Kier alpha value is -2.96. The van der Waals surface area contributed by atoms with E-state index in [1.165, 1.54) is 6.92 Å². The second-order valence-electron chi connectivity index (χ2n) is 6.71. The first-order valence-corrected chi connectivity index (χ1v) is 8.96. The number of hydrogen-bond donors (Lipinski definition) is 1. The zero-order chi connectivity index (χ0) is 19.7. The van der Waals surface area contributed by atoms with Crippen LogP contribution in [0.4, 0.5) is 5.69 Å². The molecule has 1 fully saturated rings. The van der Waals surface area contributed by atoms with Gasteiger partial charge in [-0.25, -0.2) is 4.79 Å². The molecular formula is C20H25N3O4. The van der Waals surface area contributed by atoms with Gasteiger partial charge in [0.15, 0.2) is 5.78 Å². The number of benzene rings is 1. The van der Waals surface area contributed by atoms with Gasteiger partial charge in [-0.15, -0.1) is 0 Å². The standard InChI is InChI=1S/C20H25N3O4/c1-5-26-20(25)17-16(13-6-8-14(9-7-13)22(3)4)15(12(2)24)19-23(18(17)21)10-11-27-19/h6-9,16H,5,10-11,21H2,1-4H3. The third-order valence-corrected chi connectivity index (χ3v) is 4.79. The summed E-state index contributed by atoms with van der Waals surface area (Å²) in [5.41, 5.74) is 8.86. The number of ether oxygens (including phenoxy) is 2. The molecule has 3 rings (SSSR count). The van der Waals surface area contributed by atoms with Crippen LogP contribution in [0, 0.1) is 0 Å². The van der Waals surface area contributed by atoms with Crippen LogP contribution in [0.5, 0.6) is 0 Å². The van der Waals surface area contributed by atoms with E-state index in [4.69, 9.17) is 15.2 Å². The Labute approximate surface area is 159 Å². The summed E-state index contributed by atoms with van der Waals surface area (Å²) in [6.07, 6.45) is 0. The van der Waals surface area contributed by atoms with Gasteiger partial charge in [0.2, 0.25) is 5.88 Å². The van der Waals surface area contributed by atoms with Gasteiger partial charge >= 0.3 is 5.97 Å². The zero-order valence-electron chi connectivity index (χ0n) is 16.1. The Morgan fingerprint density at radius 3 is 2.48 bits per heavy atom. The second kappa shape index (κ2) is 7.34. The van der Waals surface area contributed by atoms with Crippen molar-refractivity contribution in [3.05, 3.63) is 52.7 Å². The van der Waals surface area contributed by atoms with Crippen LogP contribution < -0.4 is 10.6 Å². The molecule has 1 atom stereocenters. The van der Waals surface area contributed by atoms with E-state index in [0.717, 1.165) is 11.3 Å². The van der Waals surface area contributed by atoms with Gasteiger partial charge < -0.3 is 20.1 Å². The number of Topliss-reactive ketones (excluding diaryl/α,β-unsaturated/α-hetero) is 1. The smallest absolute Gasteiger partial charge is 0.338 e. The van der Waals surface area contributed by atoms with Crippen molar-refractivity contribution >= 4 is 17.4 Å². The summed E-state index contributed by atoms with van der Waals surface area (Å²) >= 11 is 0. The zero-order valence-corrected chi connectivity index (χ0v) is 16.1. The molecule has 27 heavy (non-hydrogen) atoms. The van der Waals surface area contributed by atoms with Crippen molar-refractivity contribution in [2.75, 3.05) is 38.8 Å². The molecule has 2 aliphatic rings. The molecule has 1 aromatic carbocycles. The second-order valence-corrected chi connectivity index (χ2v) is 6.71. The highest BCUT2D eigenvalue weighted by Gasteiger charge is 2.43. The minimum absolute atomic E-state index is 0.159. The Balaban J connectivity index is 2.18. The molecule has 0 amide bonds.